The molecule has 0 aromatic rings. The molecule has 9 heteroatoms. The molecule has 6 nitrogen and oxygen atoms in total. The van der Waals surface area contributed by atoms with Crippen molar-refractivity contribution in [2.24, 2.45) is 10.4 Å². The van der Waals surface area contributed by atoms with Gasteiger partial charge in [-0.25, -0.2) is 12.7 Å². The van der Waals surface area contributed by atoms with Gasteiger partial charge in [-0.3, -0.25) is 4.99 Å². The maximum atomic E-state index is 12.4. The summed E-state index contributed by atoms with van der Waals surface area (Å²) in [5, 5.41) is 3.26. The normalized spacial score (nSPS) is 21.9. The number of halogens is 1. The summed E-state index contributed by atoms with van der Waals surface area (Å²) >= 11 is 1.82. The summed E-state index contributed by atoms with van der Waals surface area (Å²) in [5.74, 6) is 2.77. The molecule has 0 amide bonds. The van der Waals surface area contributed by atoms with Crippen LogP contribution in [0.2, 0.25) is 0 Å². The smallest absolute Gasteiger partial charge is 0.215 e. The van der Waals surface area contributed by atoms with E-state index in [1.807, 2.05) is 11.8 Å². The van der Waals surface area contributed by atoms with Gasteiger partial charge >= 0.3 is 0 Å². The van der Waals surface area contributed by atoms with E-state index in [4.69, 9.17) is 0 Å². The monoisotopic (exact) mass is 504 g/mol. The van der Waals surface area contributed by atoms with Crippen molar-refractivity contribution in [3.63, 3.8) is 0 Å². The van der Waals surface area contributed by atoms with Gasteiger partial charge in [-0.05, 0) is 24.7 Å². The first-order valence-corrected chi connectivity index (χ1v) is 11.7. The van der Waals surface area contributed by atoms with Crippen LogP contribution < -0.4 is 5.32 Å². The Balaban J connectivity index is 0.00000312. The van der Waals surface area contributed by atoms with Gasteiger partial charge in [-0.2, -0.15) is 11.8 Å². The Labute approximate surface area is 174 Å². The maximum absolute atomic E-state index is 12.4. The number of nitrogens with one attached hydrogen (secondary N) is 1. The van der Waals surface area contributed by atoms with Crippen LogP contribution in [-0.4, -0.2) is 80.6 Å². The number of hydrogen-bond donors (Lipinski definition) is 1. The predicted octanol–water partition coefficient (Wildman–Crippen LogP) is 2.07. The lowest BCUT2D eigenvalue weighted by molar-refractivity contribution is 0.276. The van der Waals surface area contributed by atoms with Gasteiger partial charge in [-0.1, -0.05) is 13.8 Å². The third-order valence-corrected chi connectivity index (χ3v) is 8.27. The van der Waals surface area contributed by atoms with E-state index >= 15 is 0 Å². The molecule has 2 rings (SSSR count). The second-order valence-corrected chi connectivity index (χ2v) is 9.99. The minimum atomic E-state index is -3.16. The molecule has 2 saturated heterocycles. The van der Waals surface area contributed by atoms with Gasteiger partial charge < -0.3 is 10.2 Å². The van der Waals surface area contributed by atoms with Gasteiger partial charge in [0.1, 0.15) is 0 Å². The summed E-state index contributed by atoms with van der Waals surface area (Å²) in [7, 11) is -1.38. The molecule has 0 radical (unpaired) electrons. The molecule has 0 atom stereocenters. The molecule has 148 valence electrons. The summed E-state index contributed by atoms with van der Waals surface area (Å²) in [6.45, 7) is 8.22. The van der Waals surface area contributed by atoms with Gasteiger partial charge in [0.05, 0.1) is 5.75 Å². The number of guanidine groups is 1. The van der Waals surface area contributed by atoms with Crippen LogP contribution in [0.25, 0.3) is 0 Å². The Morgan fingerprint density at radius 2 is 1.84 bits per heavy atom. The highest BCUT2D eigenvalue weighted by molar-refractivity contribution is 14.0. The van der Waals surface area contributed by atoms with Crippen LogP contribution in [0.15, 0.2) is 4.99 Å². The number of rotatable bonds is 6. The lowest BCUT2D eigenvalue weighted by Gasteiger charge is -2.28. The van der Waals surface area contributed by atoms with Gasteiger partial charge in [0.25, 0.3) is 0 Å². The summed E-state index contributed by atoms with van der Waals surface area (Å²) in [6.07, 6.45) is 3.54. The standard InChI is InChI=1S/C16H32N4O2S2.HI/c1-4-16(5-2)6-8-19(14-16)15(17-3)18-7-13-24(21,22)20-9-11-23-12-10-20;/h4-14H2,1-3H3,(H,17,18);1H. The van der Waals surface area contributed by atoms with E-state index < -0.39 is 10.0 Å². The zero-order chi connectivity index (χ0) is 17.6. The average Bonchev–Trinajstić information content (AvgIpc) is 3.04. The van der Waals surface area contributed by atoms with E-state index in [9.17, 15) is 8.42 Å². The molecular formula is C16H33IN4O2S2. The fourth-order valence-corrected chi connectivity index (χ4v) is 6.01. The van der Waals surface area contributed by atoms with Crippen LogP contribution in [-0.2, 0) is 10.0 Å². The Bertz CT molecular complexity index is 532. The van der Waals surface area contributed by atoms with Crippen molar-refractivity contribution in [3.8, 4) is 0 Å². The molecule has 2 fully saturated rings. The number of aliphatic imine (C=N–C) groups is 1. The second kappa shape index (κ2) is 10.6. The number of hydrogen-bond acceptors (Lipinski definition) is 4. The number of sulfonamides is 1. The largest absolute Gasteiger partial charge is 0.355 e. The molecule has 0 aromatic carbocycles. The van der Waals surface area contributed by atoms with Gasteiger partial charge in [0, 0.05) is 51.3 Å². The topological polar surface area (TPSA) is 65.0 Å². The summed E-state index contributed by atoms with van der Waals surface area (Å²) in [4.78, 5) is 6.63. The molecule has 2 aliphatic rings. The molecule has 0 spiro atoms. The number of nitrogens with zero attached hydrogens (tertiary/aromatic N) is 3. The van der Waals surface area contributed by atoms with E-state index in [-0.39, 0.29) is 29.7 Å². The molecule has 0 saturated carbocycles. The fraction of sp³-hybridized carbons (Fsp3) is 0.938. The third-order valence-electron chi connectivity index (χ3n) is 5.46. The fourth-order valence-electron chi connectivity index (χ4n) is 3.52. The Hall–Kier alpha value is 0.260. The van der Waals surface area contributed by atoms with Crippen molar-refractivity contribution in [1.82, 2.24) is 14.5 Å². The maximum Gasteiger partial charge on any atom is 0.215 e. The highest BCUT2D eigenvalue weighted by Crippen LogP contribution is 2.36. The third kappa shape index (κ3) is 6.14. The number of likely N-dealkylation sites (tertiary alicyclic amines) is 1. The van der Waals surface area contributed by atoms with Crippen LogP contribution in [0.4, 0.5) is 0 Å². The lowest BCUT2D eigenvalue weighted by atomic mass is 9.82. The summed E-state index contributed by atoms with van der Waals surface area (Å²) < 4.78 is 26.4. The van der Waals surface area contributed by atoms with Crippen molar-refractivity contribution < 1.29 is 8.42 Å². The van der Waals surface area contributed by atoms with E-state index in [0.717, 1.165) is 30.6 Å². The Morgan fingerprint density at radius 1 is 1.20 bits per heavy atom. The Morgan fingerprint density at radius 3 is 2.36 bits per heavy atom. The molecule has 2 heterocycles. The van der Waals surface area contributed by atoms with Crippen molar-refractivity contribution in [2.45, 2.75) is 33.1 Å². The molecule has 1 N–H and O–H groups in total. The zero-order valence-corrected chi connectivity index (χ0v) is 19.6. The van der Waals surface area contributed by atoms with Crippen LogP contribution >= 0.6 is 35.7 Å². The van der Waals surface area contributed by atoms with E-state index in [1.54, 1.807) is 11.4 Å². The minimum Gasteiger partial charge on any atom is -0.355 e. The lowest BCUT2D eigenvalue weighted by Crippen LogP contribution is -2.45. The highest BCUT2D eigenvalue weighted by Gasteiger charge is 2.36. The summed E-state index contributed by atoms with van der Waals surface area (Å²) in [6, 6.07) is 0. The Kier molecular flexibility index (Phi) is 9.84. The van der Waals surface area contributed by atoms with Crippen molar-refractivity contribution >= 4 is 51.7 Å². The predicted molar refractivity (Wildman–Crippen MR) is 119 cm³/mol. The first-order chi connectivity index (χ1) is 11.5. The molecule has 0 unspecified atom stereocenters. The second-order valence-electron chi connectivity index (χ2n) is 6.68. The molecular weight excluding hydrogens is 471 g/mol. The zero-order valence-electron chi connectivity index (χ0n) is 15.7. The SMILES string of the molecule is CCC1(CC)CCN(C(=NC)NCCS(=O)(=O)N2CCSCC2)C1.I. The van der Waals surface area contributed by atoms with Crippen molar-refractivity contribution in [3.05, 3.63) is 0 Å². The number of thioether (sulfide) groups is 1. The van der Waals surface area contributed by atoms with Crippen LogP contribution in [0.5, 0.6) is 0 Å². The quantitative estimate of drug-likeness (QED) is 0.341. The van der Waals surface area contributed by atoms with Gasteiger partial charge in [0.2, 0.25) is 10.0 Å². The molecule has 2 aliphatic heterocycles. The van der Waals surface area contributed by atoms with Crippen LogP contribution in [0.1, 0.15) is 33.1 Å². The molecule has 0 bridgehead atoms. The highest BCUT2D eigenvalue weighted by atomic mass is 127. The molecule has 25 heavy (non-hydrogen) atoms. The van der Waals surface area contributed by atoms with Crippen LogP contribution in [0, 0.1) is 5.41 Å². The van der Waals surface area contributed by atoms with Crippen molar-refractivity contribution in [2.75, 3.05) is 57.0 Å². The first-order valence-electron chi connectivity index (χ1n) is 8.97. The van der Waals surface area contributed by atoms with E-state index in [1.165, 1.54) is 19.3 Å². The van der Waals surface area contributed by atoms with E-state index in [2.05, 4.69) is 29.1 Å². The van der Waals surface area contributed by atoms with Crippen LogP contribution in [0.3, 0.4) is 0 Å². The molecule has 0 aromatic heterocycles. The van der Waals surface area contributed by atoms with Gasteiger partial charge in [-0.15, -0.1) is 24.0 Å². The van der Waals surface area contributed by atoms with E-state index in [0.29, 0.717) is 25.0 Å². The molecule has 0 aliphatic carbocycles. The first kappa shape index (κ1) is 23.3. The van der Waals surface area contributed by atoms with Crippen molar-refractivity contribution in [1.29, 1.82) is 0 Å². The van der Waals surface area contributed by atoms with Gasteiger partial charge in [0.15, 0.2) is 5.96 Å². The minimum absolute atomic E-state index is 0. The average molecular weight is 505 g/mol. The summed E-state index contributed by atoms with van der Waals surface area (Å²) in [5.41, 5.74) is 0.384.